The van der Waals surface area contributed by atoms with E-state index in [0.29, 0.717) is 19.6 Å². The fraction of sp³-hybridized carbons (Fsp3) is 0.348. The van der Waals surface area contributed by atoms with Crippen LogP contribution in [0, 0.1) is 10.1 Å². The lowest BCUT2D eigenvalue weighted by atomic mass is 10.2. The number of hydrogen-bond acceptors (Lipinski definition) is 6. The minimum Gasteiger partial charge on any atom is -0.295 e. The predicted octanol–water partition coefficient (Wildman–Crippen LogP) is 2.78. The third-order valence-electron chi connectivity index (χ3n) is 6.40. The molecule has 1 aromatic heterocycles. The van der Waals surface area contributed by atoms with Crippen molar-refractivity contribution < 1.29 is 13.3 Å². The van der Waals surface area contributed by atoms with Crippen molar-refractivity contribution in [1.82, 2.24) is 19.0 Å². The third kappa shape index (κ3) is 4.05. The maximum atomic E-state index is 13.1. The fourth-order valence-corrected chi connectivity index (χ4v) is 6.31. The van der Waals surface area contributed by atoms with Crippen LogP contribution in [0.5, 0.6) is 0 Å². The smallest absolute Gasteiger partial charge is 0.289 e. The van der Waals surface area contributed by atoms with Gasteiger partial charge in [-0.3, -0.25) is 15.0 Å². The molecule has 0 radical (unpaired) electrons. The average molecular weight is 468 g/mol. The minimum atomic E-state index is -3.93. The Balaban J connectivity index is 1.31. The third-order valence-corrected chi connectivity index (χ3v) is 8.34. The minimum absolute atomic E-state index is 0.247. The Kier molecular flexibility index (Phi) is 5.73. The molecule has 1 aliphatic carbocycles. The van der Waals surface area contributed by atoms with Gasteiger partial charge in [0, 0.05) is 44.5 Å². The molecule has 33 heavy (non-hydrogen) atoms. The monoisotopic (exact) mass is 467 g/mol. The number of fused-ring (bicyclic) bond motifs is 1. The second-order valence-corrected chi connectivity index (χ2v) is 10.3. The van der Waals surface area contributed by atoms with E-state index in [1.54, 1.807) is 0 Å². The molecule has 0 atom stereocenters. The highest BCUT2D eigenvalue weighted by atomic mass is 32.2. The normalized spacial score (nSPS) is 17.2. The van der Waals surface area contributed by atoms with E-state index in [9.17, 15) is 18.5 Å². The first-order valence-corrected chi connectivity index (χ1v) is 12.5. The molecule has 0 N–H and O–H groups in total. The molecule has 0 bridgehead atoms. The number of para-hydroxylation sites is 2. The second kappa shape index (κ2) is 8.69. The predicted molar refractivity (Wildman–Crippen MR) is 123 cm³/mol. The van der Waals surface area contributed by atoms with E-state index in [-0.39, 0.29) is 23.7 Å². The van der Waals surface area contributed by atoms with Crippen molar-refractivity contribution in [2.45, 2.75) is 30.7 Å². The maximum absolute atomic E-state index is 13.1. The molecule has 0 unspecified atom stereocenters. The summed E-state index contributed by atoms with van der Waals surface area (Å²) >= 11 is 0. The Bertz CT molecular complexity index is 1280. The second-order valence-electron chi connectivity index (χ2n) is 8.38. The van der Waals surface area contributed by atoms with Gasteiger partial charge in [0.05, 0.1) is 16.3 Å². The van der Waals surface area contributed by atoms with Gasteiger partial charge in [0.1, 0.15) is 0 Å². The first-order chi connectivity index (χ1) is 15.9. The lowest BCUT2D eigenvalue weighted by molar-refractivity contribution is -0.387. The first-order valence-electron chi connectivity index (χ1n) is 11.1. The van der Waals surface area contributed by atoms with E-state index < -0.39 is 14.9 Å². The van der Waals surface area contributed by atoms with Crippen LogP contribution in [0.25, 0.3) is 5.69 Å². The van der Waals surface area contributed by atoms with Gasteiger partial charge < -0.3 is 0 Å². The molecule has 3 aromatic rings. The van der Waals surface area contributed by atoms with Crippen LogP contribution < -0.4 is 0 Å². The summed E-state index contributed by atoms with van der Waals surface area (Å²) in [4.78, 5) is 12.6. The lowest BCUT2D eigenvalue weighted by Crippen LogP contribution is -2.48. The summed E-state index contributed by atoms with van der Waals surface area (Å²) in [5, 5.41) is 16.2. The molecule has 1 saturated heterocycles. The summed E-state index contributed by atoms with van der Waals surface area (Å²) in [6, 6.07) is 15.6. The maximum Gasteiger partial charge on any atom is 0.289 e. The van der Waals surface area contributed by atoms with Crippen molar-refractivity contribution in [1.29, 1.82) is 0 Å². The Hall–Kier alpha value is -3.08. The van der Waals surface area contributed by atoms with E-state index in [1.165, 1.54) is 39.8 Å². The Morgan fingerprint density at radius 2 is 1.64 bits per heavy atom. The van der Waals surface area contributed by atoms with E-state index in [2.05, 4.69) is 17.0 Å². The van der Waals surface area contributed by atoms with Gasteiger partial charge in [-0.2, -0.15) is 9.40 Å². The molecule has 2 aliphatic rings. The SMILES string of the molecule is O=[N+]([O-])c1ccccc1S(=O)(=O)N1CCN(Cc2nn(-c3ccccc3)c3c2CCC3)CC1. The zero-order valence-electron chi connectivity index (χ0n) is 18.1. The molecule has 0 amide bonds. The van der Waals surface area contributed by atoms with Crippen LogP contribution in [0.2, 0.25) is 0 Å². The summed E-state index contributed by atoms with van der Waals surface area (Å²) in [7, 11) is -3.93. The average Bonchev–Trinajstić information content (AvgIpc) is 3.44. The lowest BCUT2D eigenvalue weighted by Gasteiger charge is -2.33. The number of aromatic nitrogens is 2. The zero-order valence-corrected chi connectivity index (χ0v) is 18.9. The number of rotatable bonds is 6. The molecule has 9 nitrogen and oxygen atoms in total. The summed E-state index contributed by atoms with van der Waals surface area (Å²) < 4.78 is 29.6. The molecule has 5 rings (SSSR count). The van der Waals surface area contributed by atoms with Crippen molar-refractivity contribution in [2.24, 2.45) is 0 Å². The molecule has 0 saturated carbocycles. The van der Waals surface area contributed by atoms with Crippen molar-refractivity contribution in [3.63, 3.8) is 0 Å². The molecular weight excluding hydrogens is 442 g/mol. The number of benzene rings is 2. The van der Waals surface area contributed by atoms with E-state index in [4.69, 9.17) is 5.10 Å². The quantitative estimate of drug-likeness (QED) is 0.408. The molecular formula is C23H25N5O4S. The standard InChI is InChI=1S/C23H25N5O4S/c29-28(30)22-10-4-5-12-23(22)33(31,32)26-15-13-25(14-16-26)17-20-19-9-6-11-21(19)27(24-20)18-7-2-1-3-8-18/h1-5,7-8,10,12H,6,9,11,13-17H2. The number of nitro benzene ring substituents is 1. The van der Waals surface area contributed by atoms with Crippen LogP contribution in [0.1, 0.15) is 23.4 Å². The molecule has 10 heteroatoms. The molecule has 2 aromatic carbocycles. The Labute approximate surface area is 192 Å². The summed E-state index contributed by atoms with van der Waals surface area (Å²) in [5.74, 6) is 0. The summed E-state index contributed by atoms with van der Waals surface area (Å²) in [6.07, 6.45) is 3.15. The zero-order chi connectivity index (χ0) is 23.0. The van der Waals surface area contributed by atoms with Crippen molar-refractivity contribution in [3.05, 3.63) is 81.7 Å². The molecule has 172 valence electrons. The fourth-order valence-electron chi connectivity index (χ4n) is 4.73. The van der Waals surface area contributed by atoms with Gasteiger partial charge in [-0.25, -0.2) is 13.1 Å². The highest BCUT2D eigenvalue weighted by Crippen LogP contribution is 2.30. The Morgan fingerprint density at radius 1 is 0.939 bits per heavy atom. The molecule has 1 aliphatic heterocycles. The van der Waals surface area contributed by atoms with Gasteiger partial charge in [-0.1, -0.05) is 30.3 Å². The van der Waals surface area contributed by atoms with Crippen LogP contribution in [0.4, 0.5) is 5.69 Å². The largest absolute Gasteiger partial charge is 0.295 e. The number of nitro groups is 1. The Morgan fingerprint density at radius 3 is 2.36 bits per heavy atom. The highest BCUT2D eigenvalue weighted by molar-refractivity contribution is 7.89. The van der Waals surface area contributed by atoms with Gasteiger partial charge in [0.25, 0.3) is 5.69 Å². The van der Waals surface area contributed by atoms with Gasteiger partial charge >= 0.3 is 0 Å². The van der Waals surface area contributed by atoms with Crippen molar-refractivity contribution >= 4 is 15.7 Å². The van der Waals surface area contributed by atoms with Gasteiger partial charge in [-0.05, 0) is 43.0 Å². The molecule has 0 spiro atoms. The molecule has 2 heterocycles. The highest BCUT2D eigenvalue weighted by Gasteiger charge is 2.34. The van der Waals surface area contributed by atoms with Crippen LogP contribution in [-0.4, -0.2) is 58.5 Å². The van der Waals surface area contributed by atoms with Crippen LogP contribution >= 0.6 is 0 Å². The number of nitrogens with zero attached hydrogens (tertiary/aromatic N) is 5. The number of piperazine rings is 1. The first kappa shape index (κ1) is 21.7. The van der Waals surface area contributed by atoms with Crippen molar-refractivity contribution in [3.8, 4) is 5.69 Å². The summed E-state index contributed by atoms with van der Waals surface area (Å²) in [6.45, 7) is 2.34. The van der Waals surface area contributed by atoms with Crippen LogP contribution in [0.15, 0.2) is 59.5 Å². The summed E-state index contributed by atoms with van der Waals surface area (Å²) in [5.41, 5.74) is 4.31. The van der Waals surface area contributed by atoms with Gasteiger partial charge in [0.2, 0.25) is 10.0 Å². The van der Waals surface area contributed by atoms with E-state index >= 15 is 0 Å². The van der Waals surface area contributed by atoms with Crippen molar-refractivity contribution in [2.75, 3.05) is 26.2 Å². The molecule has 1 fully saturated rings. The van der Waals surface area contributed by atoms with Gasteiger partial charge in [0.15, 0.2) is 4.90 Å². The number of hydrogen-bond donors (Lipinski definition) is 0. The topological polar surface area (TPSA) is 102 Å². The van der Waals surface area contributed by atoms with E-state index in [1.807, 2.05) is 22.9 Å². The van der Waals surface area contributed by atoms with Crippen LogP contribution in [-0.2, 0) is 29.4 Å². The number of sulfonamides is 1. The van der Waals surface area contributed by atoms with Crippen LogP contribution in [0.3, 0.4) is 0 Å². The van der Waals surface area contributed by atoms with Gasteiger partial charge in [-0.15, -0.1) is 0 Å². The van der Waals surface area contributed by atoms with E-state index in [0.717, 1.165) is 30.6 Å².